The molecule has 1 N–H and O–H groups in total. The van der Waals surface area contributed by atoms with Crippen LogP contribution in [0.1, 0.15) is 29.6 Å². The van der Waals surface area contributed by atoms with E-state index >= 15 is 0 Å². The number of benzene rings is 2. The molecule has 0 unspecified atom stereocenters. The van der Waals surface area contributed by atoms with Gasteiger partial charge in [0.05, 0.1) is 20.8 Å². The number of carbonyl (C=O) groups is 1. The Kier molecular flexibility index (Phi) is 6.33. The first-order valence-electron chi connectivity index (χ1n) is 8.36. The Hall–Kier alpha value is -1.31. The summed E-state index contributed by atoms with van der Waals surface area (Å²) in [5.74, 6) is -0.508. The van der Waals surface area contributed by atoms with Crippen LogP contribution < -0.4 is 5.32 Å². The first-order valence-corrected chi connectivity index (χ1v) is 10.9. The van der Waals surface area contributed by atoms with Crippen molar-refractivity contribution >= 4 is 56.4 Å². The maximum absolute atomic E-state index is 12.9. The molecule has 1 amide bonds. The molecule has 1 heterocycles. The van der Waals surface area contributed by atoms with Gasteiger partial charge in [0, 0.05) is 18.7 Å². The normalized spacial score (nSPS) is 15.5. The summed E-state index contributed by atoms with van der Waals surface area (Å²) in [7, 11) is -3.76. The first-order chi connectivity index (χ1) is 12.8. The SMILES string of the molecule is O=C(Nc1cccc(Cl)c1Cl)c1ccc(Cl)c(S(=O)(=O)N2CCCCC2)c1. The van der Waals surface area contributed by atoms with Crippen LogP contribution in [0.15, 0.2) is 41.3 Å². The number of nitrogens with zero attached hydrogens (tertiary/aromatic N) is 1. The van der Waals surface area contributed by atoms with Crippen molar-refractivity contribution in [1.82, 2.24) is 4.31 Å². The van der Waals surface area contributed by atoms with Gasteiger partial charge in [0.15, 0.2) is 0 Å². The van der Waals surface area contributed by atoms with E-state index in [0.717, 1.165) is 19.3 Å². The summed E-state index contributed by atoms with van der Waals surface area (Å²) in [5.41, 5.74) is 0.496. The number of carbonyl (C=O) groups excluding carboxylic acids is 1. The van der Waals surface area contributed by atoms with Crippen molar-refractivity contribution in [2.24, 2.45) is 0 Å². The van der Waals surface area contributed by atoms with Crippen LogP contribution in [-0.4, -0.2) is 31.7 Å². The molecule has 0 atom stereocenters. The summed E-state index contributed by atoms with van der Waals surface area (Å²) < 4.78 is 27.2. The maximum atomic E-state index is 12.9. The molecule has 0 saturated carbocycles. The van der Waals surface area contributed by atoms with Crippen molar-refractivity contribution in [2.45, 2.75) is 24.2 Å². The van der Waals surface area contributed by atoms with E-state index in [2.05, 4.69) is 5.32 Å². The predicted octanol–water partition coefficient (Wildman–Crippen LogP) is 5.07. The van der Waals surface area contributed by atoms with Crippen LogP contribution >= 0.6 is 34.8 Å². The first kappa shape index (κ1) is 20.4. The third-order valence-electron chi connectivity index (χ3n) is 4.33. The molecule has 2 aromatic rings. The lowest BCUT2D eigenvalue weighted by atomic mass is 10.2. The van der Waals surface area contributed by atoms with Crippen molar-refractivity contribution in [3.05, 3.63) is 57.0 Å². The van der Waals surface area contributed by atoms with Crippen LogP contribution in [0.2, 0.25) is 15.1 Å². The Bertz CT molecular complexity index is 974. The lowest BCUT2D eigenvalue weighted by molar-refractivity contribution is 0.102. The lowest BCUT2D eigenvalue weighted by Gasteiger charge is -2.26. The number of hydrogen-bond acceptors (Lipinski definition) is 3. The Morgan fingerprint density at radius 3 is 2.37 bits per heavy atom. The molecule has 5 nitrogen and oxygen atoms in total. The molecule has 2 aromatic carbocycles. The van der Waals surface area contributed by atoms with Crippen molar-refractivity contribution in [2.75, 3.05) is 18.4 Å². The highest BCUT2D eigenvalue weighted by molar-refractivity contribution is 7.89. The van der Waals surface area contributed by atoms with Gasteiger partial charge in [-0.2, -0.15) is 4.31 Å². The molecule has 1 aliphatic heterocycles. The van der Waals surface area contributed by atoms with Crippen molar-refractivity contribution < 1.29 is 13.2 Å². The molecule has 1 aliphatic rings. The van der Waals surface area contributed by atoms with E-state index in [4.69, 9.17) is 34.8 Å². The molecular weight excluding hydrogens is 431 g/mol. The van der Waals surface area contributed by atoms with E-state index in [1.54, 1.807) is 18.2 Å². The Balaban J connectivity index is 1.90. The number of nitrogens with one attached hydrogen (secondary N) is 1. The summed E-state index contributed by atoms with van der Waals surface area (Å²) in [6.45, 7) is 0.903. The third kappa shape index (κ3) is 4.41. The molecule has 1 fully saturated rings. The minimum atomic E-state index is -3.76. The van der Waals surface area contributed by atoms with Crippen LogP contribution in [0, 0.1) is 0 Å². The fourth-order valence-electron chi connectivity index (χ4n) is 2.88. The third-order valence-corrected chi connectivity index (χ3v) is 7.53. The van der Waals surface area contributed by atoms with Gasteiger partial charge < -0.3 is 5.32 Å². The monoisotopic (exact) mass is 446 g/mol. The van der Waals surface area contributed by atoms with Gasteiger partial charge in [-0.15, -0.1) is 0 Å². The van der Waals surface area contributed by atoms with Gasteiger partial charge in [-0.3, -0.25) is 4.79 Å². The molecule has 0 spiro atoms. The zero-order valence-corrected chi connectivity index (χ0v) is 17.3. The Morgan fingerprint density at radius 2 is 1.67 bits per heavy atom. The van der Waals surface area contributed by atoms with Gasteiger partial charge in [-0.25, -0.2) is 8.42 Å². The summed E-state index contributed by atoms with van der Waals surface area (Å²) in [6.07, 6.45) is 2.62. The quantitative estimate of drug-likeness (QED) is 0.711. The zero-order chi connectivity index (χ0) is 19.6. The van der Waals surface area contributed by atoms with Crippen LogP contribution in [0.25, 0.3) is 0 Å². The number of anilines is 1. The Morgan fingerprint density at radius 1 is 0.963 bits per heavy atom. The summed E-state index contributed by atoms with van der Waals surface area (Å²) in [4.78, 5) is 12.5. The van der Waals surface area contributed by atoms with Crippen LogP contribution in [-0.2, 0) is 10.0 Å². The minimum Gasteiger partial charge on any atom is -0.321 e. The Labute approximate surface area is 173 Å². The number of amides is 1. The molecular formula is C18H17Cl3N2O3S. The largest absolute Gasteiger partial charge is 0.321 e. The number of hydrogen-bond donors (Lipinski definition) is 1. The second kappa shape index (κ2) is 8.37. The van der Waals surface area contributed by atoms with Gasteiger partial charge in [-0.05, 0) is 43.2 Å². The van der Waals surface area contributed by atoms with Gasteiger partial charge in [0.2, 0.25) is 10.0 Å². The zero-order valence-electron chi connectivity index (χ0n) is 14.2. The fraction of sp³-hybridized carbons (Fsp3) is 0.278. The van der Waals surface area contributed by atoms with Crippen molar-refractivity contribution in [3.63, 3.8) is 0 Å². The molecule has 0 aromatic heterocycles. The smallest absolute Gasteiger partial charge is 0.255 e. The number of piperidine rings is 1. The molecule has 144 valence electrons. The molecule has 0 radical (unpaired) electrons. The lowest BCUT2D eigenvalue weighted by Crippen LogP contribution is -2.35. The van der Waals surface area contributed by atoms with Crippen molar-refractivity contribution in [1.29, 1.82) is 0 Å². The fourth-order valence-corrected chi connectivity index (χ4v) is 5.25. The molecule has 1 saturated heterocycles. The van der Waals surface area contributed by atoms with Gasteiger partial charge >= 0.3 is 0 Å². The van der Waals surface area contributed by atoms with E-state index in [9.17, 15) is 13.2 Å². The molecule has 27 heavy (non-hydrogen) atoms. The number of halogens is 3. The van der Waals surface area contributed by atoms with E-state index in [-0.39, 0.29) is 20.5 Å². The van der Waals surface area contributed by atoms with Crippen LogP contribution in [0.5, 0.6) is 0 Å². The summed E-state index contributed by atoms with van der Waals surface area (Å²) in [6, 6.07) is 9.02. The molecule has 3 rings (SSSR count). The number of sulfonamides is 1. The van der Waals surface area contributed by atoms with E-state index < -0.39 is 15.9 Å². The highest BCUT2D eigenvalue weighted by Gasteiger charge is 2.28. The van der Waals surface area contributed by atoms with E-state index in [1.807, 2.05) is 0 Å². The van der Waals surface area contributed by atoms with Gasteiger partial charge in [-0.1, -0.05) is 47.3 Å². The minimum absolute atomic E-state index is 0.0732. The standard InChI is InChI=1S/C18H17Cl3N2O3S/c19-13-8-7-12(18(24)22-15-6-4-5-14(20)17(15)21)11-16(13)27(25,26)23-9-2-1-3-10-23/h4-8,11H,1-3,9-10H2,(H,22,24). The predicted molar refractivity (Wildman–Crippen MR) is 108 cm³/mol. The summed E-state index contributed by atoms with van der Waals surface area (Å²) in [5, 5.41) is 3.23. The number of rotatable bonds is 4. The topological polar surface area (TPSA) is 66.5 Å². The molecule has 9 heteroatoms. The average Bonchev–Trinajstić information content (AvgIpc) is 2.66. The summed E-state index contributed by atoms with van der Waals surface area (Å²) >= 11 is 18.2. The average molecular weight is 448 g/mol. The second-order valence-corrected chi connectivity index (χ2v) is 9.26. The van der Waals surface area contributed by atoms with Gasteiger partial charge in [0.1, 0.15) is 4.90 Å². The highest BCUT2D eigenvalue weighted by atomic mass is 35.5. The molecule has 0 bridgehead atoms. The van der Waals surface area contributed by atoms with Crippen molar-refractivity contribution in [3.8, 4) is 0 Å². The van der Waals surface area contributed by atoms with Crippen LogP contribution in [0.3, 0.4) is 0 Å². The maximum Gasteiger partial charge on any atom is 0.255 e. The van der Waals surface area contributed by atoms with Crippen LogP contribution in [0.4, 0.5) is 5.69 Å². The van der Waals surface area contributed by atoms with Gasteiger partial charge in [0.25, 0.3) is 5.91 Å². The highest BCUT2D eigenvalue weighted by Crippen LogP contribution is 2.31. The second-order valence-electron chi connectivity index (χ2n) is 6.17. The van der Waals surface area contributed by atoms with E-state index in [1.165, 1.54) is 22.5 Å². The molecule has 0 aliphatic carbocycles. The van der Waals surface area contributed by atoms with E-state index in [0.29, 0.717) is 23.8 Å².